The van der Waals surface area contributed by atoms with Gasteiger partial charge in [0.1, 0.15) is 0 Å². The fraction of sp³-hybridized carbons (Fsp3) is 0.571. The van der Waals surface area contributed by atoms with Gasteiger partial charge in [-0.1, -0.05) is 19.1 Å². The molecule has 1 aliphatic carbocycles. The Morgan fingerprint density at radius 3 is 2.68 bits per heavy atom. The van der Waals surface area contributed by atoms with Gasteiger partial charge in [-0.05, 0) is 42.9 Å². The van der Waals surface area contributed by atoms with E-state index in [1.165, 1.54) is 4.31 Å². The lowest BCUT2D eigenvalue weighted by Crippen LogP contribution is -2.29. The molecule has 1 N–H and O–H groups in total. The zero-order chi connectivity index (χ0) is 14.0. The predicted octanol–water partition coefficient (Wildman–Crippen LogP) is 2.16. The molecule has 1 saturated carbocycles. The highest BCUT2D eigenvalue weighted by molar-refractivity contribution is 7.89. The molecule has 1 fully saturated rings. The quantitative estimate of drug-likeness (QED) is 0.870. The van der Waals surface area contributed by atoms with Gasteiger partial charge in [0.2, 0.25) is 10.0 Å². The molecule has 1 aliphatic rings. The Morgan fingerprint density at radius 1 is 1.42 bits per heavy atom. The van der Waals surface area contributed by atoms with Crippen molar-refractivity contribution in [2.45, 2.75) is 37.2 Å². The van der Waals surface area contributed by atoms with Crippen LogP contribution < -0.4 is 0 Å². The van der Waals surface area contributed by atoms with Crippen molar-refractivity contribution >= 4 is 10.0 Å². The smallest absolute Gasteiger partial charge is 0.242 e. The number of nitrogens with zero attached hydrogens (tertiary/aromatic N) is 1. The third-order valence-electron chi connectivity index (χ3n) is 3.55. The second kappa shape index (κ2) is 5.61. The molecule has 0 aliphatic heterocycles. The summed E-state index contributed by atoms with van der Waals surface area (Å²) in [6, 6.07) is 6.61. The maximum absolute atomic E-state index is 12.4. The van der Waals surface area contributed by atoms with Crippen LogP contribution in [0.15, 0.2) is 29.2 Å². The van der Waals surface area contributed by atoms with E-state index < -0.39 is 16.1 Å². The summed E-state index contributed by atoms with van der Waals surface area (Å²) in [5.41, 5.74) is 0.656. The summed E-state index contributed by atoms with van der Waals surface area (Å²) in [5.74, 6) is 0.518. The Hall–Kier alpha value is -0.910. The van der Waals surface area contributed by atoms with E-state index in [9.17, 15) is 13.5 Å². The van der Waals surface area contributed by atoms with Crippen LogP contribution in [-0.2, 0) is 10.0 Å². The predicted molar refractivity (Wildman–Crippen MR) is 74.2 cm³/mol. The molecule has 4 nitrogen and oxygen atoms in total. The first kappa shape index (κ1) is 14.5. The SMILES string of the molecule is CCC(O)c1cccc(S(=O)(=O)N(C)CC2CC2)c1. The van der Waals surface area contributed by atoms with E-state index in [4.69, 9.17) is 0 Å². The van der Waals surface area contributed by atoms with Gasteiger partial charge in [-0.3, -0.25) is 0 Å². The summed E-state index contributed by atoms with van der Waals surface area (Å²) in [6.07, 6.45) is 2.20. The molecule has 0 radical (unpaired) electrons. The third kappa shape index (κ3) is 3.35. The molecule has 19 heavy (non-hydrogen) atoms. The molecule has 1 unspecified atom stereocenters. The number of sulfonamides is 1. The first-order valence-corrected chi connectivity index (χ1v) is 8.13. The summed E-state index contributed by atoms with van der Waals surface area (Å²) in [6.45, 7) is 2.45. The van der Waals surface area contributed by atoms with Crippen molar-refractivity contribution in [1.29, 1.82) is 0 Å². The van der Waals surface area contributed by atoms with Gasteiger partial charge in [-0.25, -0.2) is 12.7 Å². The molecule has 1 aromatic carbocycles. The molecule has 5 heteroatoms. The van der Waals surface area contributed by atoms with E-state index in [0.29, 0.717) is 24.4 Å². The van der Waals surface area contributed by atoms with Gasteiger partial charge >= 0.3 is 0 Å². The summed E-state index contributed by atoms with van der Waals surface area (Å²) in [4.78, 5) is 0.264. The fourth-order valence-corrected chi connectivity index (χ4v) is 3.36. The Bertz CT molecular complexity index is 537. The summed E-state index contributed by atoms with van der Waals surface area (Å²) < 4.78 is 26.2. The second-order valence-corrected chi connectivity index (χ2v) is 7.27. The molecule has 0 spiro atoms. The molecule has 1 aromatic rings. The maximum atomic E-state index is 12.4. The molecule has 0 aromatic heterocycles. The molecule has 106 valence electrons. The summed E-state index contributed by atoms with van der Waals surface area (Å²) in [5, 5.41) is 9.81. The minimum absolute atomic E-state index is 0.264. The number of rotatable bonds is 6. The van der Waals surface area contributed by atoms with Gasteiger partial charge in [0.05, 0.1) is 11.0 Å². The van der Waals surface area contributed by atoms with Crippen molar-refractivity contribution in [2.24, 2.45) is 5.92 Å². The van der Waals surface area contributed by atoms with Crippen LogP contribution in [0.3, 0.4) is 0 Å². The highest BCUT2D eigenvalue weighted by Gasteiger charge is 2.29. The zero-order valence-electron chi connectivity index (χ0n) is 11.4. The molecular weight excluding hydrogens is 262 g/mol. The molecule has 2 rings (SSSR count). The lowest BCUT2D eigenvalue weighted by atomic mass is 10.1. The summed E-state index contributed by atoms with van der Waals surface area (Å²) in [7, 11) is -1.81. The lowest BCUT2D eigenvalue weighted by molar-refractivity contribution is 0.173. The molecular formula is C14H21NO3S. The monoisotopic (exact) mass is 283 g/mol. The average molecular weight is 283 g/mol. The van der Waals surface area contributed by atoms with Crippen LogP contribution >= 0.6 is 0 Å². The highest BCUT2D eigenvalue weighted by atomic mass is 32.2. The average Bonchev–Trinajstić information content (AvgIpc) is 3.21. The Kier molecular flexibility index (Phi) is 4.28. The van der Waals surface area contributed by atoms with Crippen LogP contribution in [0.25, 0.3) is 0 Å². The minimum atomic E-state index is -3.44. The third-order valence-corrected chi connectivity index (χ3v) is 5.37. The number of aliphatic hydroxyl groups is 1. The van der Waals surface area contributed by atoms with E-state index in [2.05, 4.69) is 0 Å². The Balaban J connectivity index is 2.23. The van der Waals surface area contributed by atoms with Crippen LogP contribution in [0, 0.1) is 5.92 Å². The first-order valence-electron chi connectivity index (χ1n) is 6.69. The first-order chi connectivity index (χ1) is 8.95. The number of aliphatic hydroxyl groups excluding tert-OH is 1. The number of hydrogen-bond acceptors (Lipinski definition) is 3. The Labute approximate surface area is 115 Å². The Morgan fingerprint density at radius 2 is 2.11 bits per heavy atom. The van der Waals surface area contributed by atoms with Crippen molar-refractivity contribution in [3.8, 4) is 0 Å². The normalized spacial score (nSPS) is 17.7. The van der Waals surface area contributed by atoms with E-state index in [-0.39, 0.29) is 4.90 Å². The molecule has 1 atom stereocenters. The number of hydrogen-bond donors (Lipinski definition) is 1. The molecule has 0 heterocycles. The summed E-state index contributed by atoms with van der Waals surface area (Å²) >= 11 is 0. The van der Waals surface area contributed by atoms with Gasteiger partial charge in [0.15, 0.2) is 0 Å². The van der Waals surface area contributed by atoms with Gasteiger partial charge in [-0.15, -0.1) is 0 Å². The maximum Gasteiger partial charge on any atom is 0.242 e. The van der Waals surface area contributed by atoms with Crippen molar-refractivity contribution in [1.82, 2.24) is 4.31 Å². The number of benzene rings is 1. The van der Waals surface area contributed by atoms with Gasteiger partial charge < -0.3 is 5.11 Å². The van der Waals surface area contributed by atoms with E-state index in [1.807, 2.05) is 6.92 Å². The van der Waals surface area contributed by atoms with Gasteiger partial charge in [0.25, 0.3) is 0 Å². The molecule has 0 saturated heterocycles. The van der Waals surface area contributed by atoms with Crippen LogP contribution in [0.5, 0.6) is 0 Å². The van der Waals surface area contributed by atoms with E-state index in [0.717, 1.165) is 12.8 Å². The standard InChI is InChI=1S/C14H21NO3S/c1-3-14(16)12-5-4-6-13(9-12)19(17,18)15(2)10-11-7-8-11/h4-6,9,11,14,16H,3,7-8,10H2,1-2H3. The largest absolute Gasteiger partial charge is 0.388 e. The van der Waals surface area contributed by atoms with Crippen molar-refractivity contribution in [2.75, 3.05) is 13.6 Å². The fourth-order valence-electron chi connectivity index (χ4n) is 2.06. The molecule has 0 bridgehead atoms. The van der Waals surface area contributed by atoms with Crippen LogP contribution in [0.2, 0.25) is 0 Å². The van der Waals surface area contributed by atoms with Gasteiger partial charge in [0, 0.05) is 13.6 Å². The van der Waals surface area contributed by atoms with Crippen LogP contribution in [-0.4, -0.2) is 31.4 Å². The minimum Gasteiger partial charge on any atom is -0.388 e. The molecule has 0 amide bonds. The van der Waals surface area contributed by atoms with Crippen molar-refractivity contribution < 1.29 is 13.5 Å². The van der Waals surface area contributed by atoms with Crippen LogP contribution in [0.4, 0.5) is 0 Å². The van der Waals surface area contributed by atoms with Gasteiger partial charge in [-0.2, -0.15) is 0 Å². The zero-order valence-corrected chi connectivity index (χ0v) is 12.2. The van der Waals surface area contributed by atoms with E-state index in [1.54, 1.807) is 31.3 Å². The van der Waals surface area contributed by atoms with E-state index >= 15 is 0 Å². The highest BCUT2D eigenvalue weighted by Crippen LogP contribution is 2.31. The van der Waals surface area contributed by atoms with Crippen LogP contribution in [0.1, 0.15) is 37.9 Å². The second-order valence-electron chi connectivity index (χ2n) is 5.23. The lowest BCUT2D eigenvalue weighted by Gasteiger charge is -2.18. The topological polar surface area (TPSA) is 57.6 Å². The van der Waals surface area contributed by atoms with Crippen molar-refractivity contribution in [3.63, 3.8) is 0 Å². The van der Waals surface area contributed by atoms with Crippen molar-refractivity contribution in [3.05, 3.63) is 29.8 Å².